The van der Waals surface area contributed by atoms with Crippen LogP contribution in [0.15, 0.2) is 48.7 Å². The van der Waals surface area contributed by atoms with E-state index < -0.39 is 12.2 Å². The van der Waals surface area contributed by atoms with E-state index in [1.54, 1.807) is 6.20 Å². The summed E-state index contributed by atoms with van der Waals surface area (Å²) in [5.74, 6) is 0.875. The number of pyridine rings is 1. The van der Waals surface area contributed by atoms with Crippen LogP contribution in [0.4, 0.5) is 15.8 Å². The van der Waals surface area contributed by atoms with Crippen LogP contribution >= 0.6 is 0 Å². The smallest absolute Gasteiger partial charge is 0.134 e. The summed E-state index contributed by atoms with van der Waals surface area (Å²) in [7, 11) is 0. The van der Waals surface area contributed by atoms with E-state index >= 15 is 0 Å². The van der Waals surface area contributed by atoms with Crippen LogP contribution < -0.4 is 20.3 Å². The Labute approximate surface area is 204 Å². The van der Waals surface area contributed by atoms with Crippen LogP contribution in [0, 0.1) is 11.3 Å². The molecular weight excluding hydrogens is 443 g/mol. The van der Waals surface area contributed by atoms with E-state index in [1.165, 1.54) is 0 Å². The van der Waals surface area contributed by atoms with Crippen LogP contribution in [-0.2, 0) is 6.54 Å². The summed E-state index contributed by atoms with van der Waals surface area (Å²) < 4.78 is 20.3. The van der Waals surface area contributed by atoms with Gasteiger partial charge in [-0.1, -0.05) is 6.07 Å². The van der Waals surface area contributed by atoms with Gasteiger partial charge in [0.15, 0.2) is 0 Å². The molecule has 8 heteroatoms. The minimum absolute atomic E-state index is 0.215. The molecule has 3 aliphatic heterocycles. The van der Waals surface area contributed by atoms with E-state index in [0.29, 0.717) is 31.3 Å². The van der Waals surface area contributed by atoms with Gasteiger partial charge in [-0.05, 0) is 37.3 Å². The summed E-state index contributed by atoms with van der Waals surface area (Å²) in [6.45, 7) is 6.21. The quantitative estimate of drug-likeness (QED) is 0.614. The van der Waals surface area contributed by atoms with Crippen molar-refractivity contribution in [2.24, 2.45) is 5.73 Å². The van der Waals surface area contributed by atoms with Gasteiger partial charge in [0.05, 0.1) is 29.7 Å². The number of nitrogens with zero attached hydrogens (tertiary/aromatic N) is 5. The van der Waals surface area contributed by atoms with Gasteiger partial charge in [0.2, 0.25) is 0 Å². The van der Waals surface area contributed by atoms with Crippen molar-refractivity contribution in [3.63, 3.8) is 0 Å². The number of fused-ring (bicyclic) bond motifs is 3. The number of ether oxygens (including phenoxy) is 1. The number of piperazine rings is 1. The van der Waals surface area contributed by atoms with Gasteiger partial charge in [-0.25, -0.2) is 4.39 Å². The molecule has 0 bridgehead atoms. The molecule has 0 spiro atoms. The topological polar surface area (TPSA) is 81.7 Å². The van der Waals surface area contributed by atoms with Gasteiger partial charge >= 0.3 is 0 Å². The Morgan fingerprint density at radius 1 is 1.11 bits per heavy atom. The molecule has 2 saturated heterocycles. The number of aromatic nitrogens is 1. The molecule has 0 amide bonds. The fraction of sp³-hybridized carbons (Fsp3) is 0.407. The van der Waals surface area contributed by atoms with Crippen LogP contribution in [-0.4, -0.2) is 67.0 Å². The molecule has 7 nitrogen and oxygen atoms in total. The number of hydrogen-bond donors (Lipinski definition) is 1. The van der Waals surface area contributed by atoms with Gasteiger partial charge in [0.1, 0.15) is 24.6 Å². The maximum atomic E-state index is 14.0. The van der Waals surface area contributed by atoms with Gasteiger partial charge in [-0.2, -0.15) is 5.26 Å². The Morgan fingerprint density at radius 3 is 2.80 bits per heavy atom. The van der Waals surface area contributed by atoms with Gasteiger partial charge in [-0.15, -0.1) is 0 Å². The Kier molecular flexibility index (Phi) is 5.47. The molecule has 180 valence electrons. The van der Waals surface area contributed by atoms with Crippen molar-refractivity contribution >= 4 is 22.3 Å². The molecule has 1 aromatic heterocycles. The maximum absolute atomic E-state index is 14.0. The fourth-order valence-electron chi connectivity index (χ4n) is 5.76. The molecule has 0 unspecified atom stereocenters. The van der Waals surface area contributed by atoms with Crippen molar-refractivity contribution < 1.29 is 9.13 Å². The molecule has 35 heavy (non-hydrogen) atoms. The molecule has 6 rings (SSSR count). The Bertz CT molecular complexity index is 1300. The molecule has 2 fully saturated rings. The zero-order valence-electron chi connectivity index (χ0n) is 19.8. The lowest BCUT2D eigenvalue weighted by Gasteiger charge is -2.45. The molecule has 4 atom stereocenters. The molecule has 4 heterocycles. The summed E-state index contributed by atoms with van der Waals surface area (Å²) in [6.07, 6.45) is 0.742. The molecule has 2 aromatic carbocycles. The number of halogens is 1. The van der Waals surface area contributed by atoms with Crippen molar-refractivity contribution in [2.75, 3.05) is 42.6 Å². The van der Waals surface area contributed by atoms with Gasteiger partial charge in [0.25, 0.3) is 0 Å². The molecule has 0 radical (unpaired) electrons. The Morgan fingerprint density at radius 2 is 2.00 bits per heavy atom. The lowest BCUT2D eigenvalue weighted by atomic mass is 10.0. The number of anilines is 2. The highest BCUT2D eigenvalue weighted by molar-refractivity contribution is 5.95. The minimum Gasteiger partial charge on any atom is -0.491 e. The second kappa shape index (κ2) is 8.67. The number of nitrogens with two attached hydrogens (primary N) is 1. The predicted octanol–water partition coefficient (Wildman–Crippen LogP) is 3.06. The SMILES string of the molecule is C[C@@H]1CN(c2ccc(C#N)c3ncccc23)C[C@@H]2COc3cc(N4C[C@@H](F)[C@@H](N)C4)ccc3CN21. The van der Waals surface area contributed by atoms with E-state index in [2.05, 4.69) is 39.9 Å². The number of rotatable bonds is 2. The van der Waals surface area contributed by atoms with Crippen molar-refractivity contribution in [1.29, 1.82) is 5.26 Å². The zero-order valence-corrected chi connectivity index (χ0v) is 19.8. The first-order chi connectivity index (χ1) is 17.0. The maximum Gasteiger partial charge on any atom is 0.134 e. The van der Waals surface area contributed by atoms with E-state index in [9.17, 15) is 9.65 Å². The number of hydrogen-bond acceptors (Lipinski definition) is 7. The van der Waals surface area contributed by atoms with Gasteiger partial charge < -0.3 is 20.3 Å². The molecule has 0 aliphatic carbocycles. The van der Waals surface area contributed by atoms with Crippen molar-refractivity contribution in [3.8, 4) is 11.8 Å². The summed E-state index contributed by atoms with van der Waals surface area (Å²) in [5, 5.41) is 10.5. The Hall–Kier alpha value is -3.41. The highest BCUT2D eigenvalue weighted by Crippen LogP contribution is 2.36. The normalized spacial score (nSPS) is 26.6. The van der Waals surface area contributed by atoms with Gasteiger partial charge in [0, 0.05) is 66.8 Å². The number of nitriles is 1. The van der Waals surface area contributed by atoms with Crippen molar-refractivity contribution in [1.82, 2.24) is 9.88 Å². The standard InChI is InChI=1S/C27H29FN6O/c1-17-11-33(25-7-5-18(10-29)27-22(25)3-2-8-31-27)13-21-16-35-26-9-20(6-4-19(26)12-34(17)21)32-14-23(28)24(30)15-32/h2-9,17,21,23-24H,11-16,30H2,1H3/t17-,21-,23-,24+/m1/s1. The lowest BCUT2D eigenvalue weighted by Crippen LogP contribution is -2.58. The largest absolute Gasteiger partial charge is 0.491 e. The summed E-state index contributed by atoms with van der Waals surface area (Å²) >= 11 is 0. The summed E-state index contributed by atoms with van der Waals surface area (Å²) in [6, 6.07) is 16.4. The lowest BCUT2D eigenvalue weighted by molar-refractivity contribution is 0.0892. The monoisotopic (exact) mass is 472 g/mol. The summed E-state index contributed by atoms with van der Waals surface area (Å²) in [5.41, 5.74) is 10.5. The molecule has 3 aliphatic rings. The second-order valence-corrected chi connectivity index (χ2v) is 9.91. The molecular formula is C27H29FN6O. The minimum atomic E-state index is -0.996. The van der Waals surface area contributed by atoms with Gasteiger partial charge in [-0.3, -0.25) is 9.88 Å². The zero-order chi connectivity index (χ0) is 24.1. The highest BCUT2D eigenvalue weighted by Gasteiger charge is 2.36. The van der Waals surface area contributed by atoms with Crippen LogP contribution in [0.1, 0.15) is 18.1 Å². The van der Waals surface area contributed by atoms with Crippen LogP contribution in [0.5, 0.6) is 5.75 Å². The summed E-state index contributed by atoms with van der Waals surface area (Å²) in [4.78, 5) is 11.4. The van der Waals surface area contributed by atoms with E-state index in [0.717, 1.165) is 53.2 Å². The molecule has 2 N–H and O–H groups in total. The van der Waals surface area contributed by atoms with E-state index in [1.807, 2.05) is 35.2 Å². The van der Waals surface area contributed by atoms with E-state index in [-0.39, 0.29) is 6.04 Å². The van der Waals surface area contributed by atoms with Crippen LogP contribution in [0.3, 0.4) is 0 Å². The average Bonchev–Trinajstić information content (AvgIpc) is 3.10. The fourth-order valence-corrected chi connectivity index (χ4v) is 5.76. The second-order valence-electron chi connectivity index (χ2n) is 9.91. The van der Waals surface area contributed by atoms with E-state index in [4.69, 9.17) is 10.5 Å². The molecule has 0 saturated carbocycles. The third-order valence-corrected chi connectivity index (χ3v) is 7.65. The predicted molar refractivity (Wildman–Crippen MR) is 134 cm³/mol. The van der Waals surface area contributed by atoms with Crippen LogP contribution in [0.2, 0.25) is 0 Å². The first-order valence-electron chi connectivity index (χ1n) is 12.2. The molecule has 3 aromatic rings. The third kappa shape index (κ3) is 3.85. The van der Waals surface area contributed by atoms with Crippen molar-refractivity contribution in [2.45, 2.75) is 37.8 Å². The van der Waals surface area contributed by atoms with Crippen LogP contribution in [0.25, 0.3) is 10.9 Å². The third-order valence-electron chi connectivity index (χ3n) is 7.65. The van der Waals surface area contributed by atoms with Crippen molar-refractivity contribution in [3.05, 3.63) is 59.8 Å². The first-order valence-corrected chi connectivity index (χ1v) is 12.2. The Balaban J connectivity index is 1.26. The number of benzene rings is 2. The number of alkyl halides is 1. The highest BCUT2D eigenvalue weighted by atomic mass is 19.1. The average molecular weight is 473 g/mol. The first kappa shape index (κ1) is 22.1.